The third-order valence-corrected chi connectivity index (χ3v) is 10.4. The number of ketones is 1. The number of halogens is 1. The van der Waals surface area contributed by atoms with Crippen molar-refractivity contribution in [1.82, 2.24) is 0 Å². The van der Waals surface area contributed by atoms with Crippen molar-refractivity contribution >= 4 is 27.7 Å². The van der Waals surface area contributed by atoms with Gasteiger partial charge in [0.1, 0.15) is 0 Å². The molecular weight excluding hydrogens is 440 g/mol. The molecule has 3 aliphatic carbocycles. The maximum atomic E-state index is 13.2. The highest BCUT2D eigenvalue weighted by Crippen LogP contribution is 2.66. The highest BCUT2D eigenvalue weighted by molar-refractivity contribution is 9.10. The number of Topliss-reactive ketones (excluding diaryl/α,β-unsaturated/α-hetero) is 1. The van der Waals surface area contributed by atoms with Gasteiger partial charge in [-0.25, -0.2) is 0 Å². The molecule has 0 spiro atoms. The molecule has 4 heteroatoms. The Morgan fingerprint density at radius 3 is 2.47 bits per heavy atom. The predicted molar refractivity (Wildman–Crippen MR) is 126 cm³/mol. The lowest BCUT2D eigenvalue weighted by Crippen LogP contribution is -2.55. The van der Waals surface area contributed by atoms with Gasteiger partial charge in [0, 0.05) is 11.8 Å². The van der Waals surface area contributed by atoms with Crippen LogP contribution in [0, 0.1) is 46.3 Å². The van der Waals surface area contributed by atoms with E-state index < -0.39 is 11.4 Å². The van der Waals surface area contributed by atoms with Crippen LogP contribution in [0.25, 0.3) is 0 Å². The number of carboxylic acids is 1. The lowest BCUT2D eigenvalue weighted by Gasteiger charge is -2.57. The van der Waals surface area contributed by atoms with Crippen molar-refractivity contribution in [1.29, 1.82) is 0 Å². The molecule has 0 heterocycles. The van der Waals surface area contributed by atoms with Gasteiger partial charge in [0.15, 0.2) is 5.78 Å². The average molecular weight is 484 g/mol. The number of hydrogen-bond acceptors (Lipinski definition) is 2. The van der Waals surface area contributed by atoms with Gasteiger partial charge in [0.25, 0.3) is 0 Å². The number of fused-ring (bicyclic) bond motifs is 3. The van der Waals surface area contributed by atoms with E-state index in [4.69, 9.17) is 0 Å². The van der Waals surface area contributed by atoms with Crippen LogP contribution in [-0.4, -0.2) is 21.7 Å². The molecule has 0 aromatic heterocycles. The van der Waals surface area contributed by atoms with Crippen LogP contribution in [0.5, 0.6) is 0 Å². The Labute approximate surface area is 192 Å². The van der Waals surface area contributed by atoms with Gasteiger partial charge >= 0.3 is 5.97 Å². The van der Waals surface area contributed by atoms with E-state index in [1.54, 1.807) is 0 Å². The van der Waals surface area contributed by atoms with Gasteiger partial charge in [-0.15, -0.1) is 0 Å². The summed E-state index contributed by atoms with van der Waals surface area (Å²) in [7, 11) is 0. The highest BCUT2D eigenvalue weighted by Gasteiger charge is 2.61. The first kappa shape index (κ1) is 24.3. The summed E-state index contributed by atoms with van der Waals surface area (Å²) in [4.78, 5) is 24.4. The second-order valence-electron chi connectivity index (χ2n) is 11.8. The second kappa shape index (κ2) is 9.24. The Balaban J connectivity index is 1.77. The molecule has 0 bridgehead atoms. The molecule has 0 aliphatic heterocycles. The minimum Gasteiger partial charge on any atom is -0.481 e. The third kappa shape index (κ3) is 4.41. The van der Waals surface area contributed by atoms with E-state index in [1.165, 1.54) is 38.5 Å². The quantitative estimate of drug-likeness (QED) is 0.374. The molecule has 0 amide bonds. The largest absolute Gasteiger partial charge is 0.481 e. The van der Waals surface area contributed by atoms with Gasteiger partial charge in [-0.05, 0) is 79.4 Å². The summed E-state index contributed by atoms with van der Waals surface area (Å²) in [6, 6.07) is 0. The van der Waals surface area contributed by atoms with Crippen LogP contribution < -0.4 is 0 Å². The van der Waals surface area contributed by atoms with Gasteiger partial charge in [-0.2, -0.15) is 0 Å². The number of carbonyl (C=O) groups is 2. The topological polar surface area (TPSA) is 54.4 Å². The van der Waals surface area contributed by atoms with Crippen molar-refractivity contribution in [3.63, 3.8) is 0 Å². The number of carbonyl (C=O) groups excluding carboxylic acids is 1. The van der Waals surface area contributed by atoms with Crippen LogP contribution in [0.2, 0.25) is 0 Å². The van der Waals surface area contributed by atoms with Gasteiger partial charge < -0.3 is 5.11 Å². The highest BCUT2D eigenvalue weighted by atomic mass is 79.9. The molecule has 0 saturated heterocycles. The predicted octanol–water partition coefficient (Wildman–Crippen LogP) is 7.11. The molecule has 30 heavy (non-hydrogen) atoms. The summed E-state index contributed by atoms with van der Waals surface area (Å²) in [6.07, 6.45) is 10.5. The molecule has 3 nitrogen and oxygen atoms in total. The normalized spacial score (nSPS) is 42.1. The summed E-state index contributed by atoms with van der Waals surface area (Å²) >= 11 is 3.71. The fraction of sp³-hybridized carbons (Fsp3) is 0.923. The van der Waals surface area contributed by atoms with Gasteiger partial charge in [-0.3, -0.25) is 9.59 Å². The summed E-state index contributed by atoms with van der Waals surface area (Å²) < 4.78 is 0. The summed E-state index contributed by atoms with van der Waals surface area (Å²) in [5.41, 5.74) is -0.100. The standard InChI is InChI=1S/C26H43BrO3/c1-16(2)7-6-8-17(3)19-9-10-20-18-15-22(27)24(30)26(5,14-12-23(28)29)21(18)11-13-25(19,20)4/h16-22H,6-15H2,1-5H3,(H,28,29)/t17-,18-,19-,20+,21+,22-,25-,26+/m0/s1. The SMILES string of the molecule is CC(C)CCC[C@H](C)[C@@H]1CC[C@@H]2[C@@H]3C[C@H](Br)C(=O)[C@](C)(CCC(=O)O)[C@@H]3CC[C@]21C. The van der Waals surface area contributed by atoms with Gasteiger partial charge in [-0.1, -0.05) is 69.8 Å². The molecule has 3 aliphatic rings. The fourth-order valence-corrected chi connectivity index (χ4v) is 8.95. The van der Waals surface area contributed by atoms with Crippen molar-refractivity contribution in [2.45, 2.75) is 104 Å². The van der Waals surface area contributed by atoms with E-state index in [0.717, 1.165) is 30.6 Å². The molecule has 3 rings (SSSR count). The van der Waals surface area contributed by atoms with Crippen LogP contribution in [0.15, 0.2) is 0 Å². The molecule has 8 atom stereocenters. The van der Waals surface area contributed by atoms with Gasteiger partial charge in [0.2, 0.25) is 0 Å². The van der Waals surface area contributed by atoms with E-state index in [-0.39, 0.29) is 17.0 Å². The van der Waals surface area contributed by atoms with Crippen LogP contribution >= 0.6 is 15.9 Å². The van der Waals surface area contributed by atoms with Crippen LogP contribution in [0.3, 0.4) is 0 Å². The Hall–Kier alpha value is -0.380. The first-order valence-electron chi connectivity index (χ1n) is 12.4. The van der Waals surface area contributed by atoms with E-state index in [2.05, 4.69) is 50.5 Å². The average Bonchev–Trinajstić information content (AvgIpc) is 3.02. The monoisotopic (exact) mass is 482 g/mol. The Kier molecular flexibility index (Phi) is 7.47. The number of rotatable bonds is 8. The molecule has 0 radical (unpaired) electrons. The first-order chi connectivity index (χ1) is 14.0. The lowest BCUT2D eigenvalue weighted by molar-refractivity contribution is -0.147. The smallest absolute Gasteiger partial charge is 0.303 e. The summed E-state index contributed by atoms with van der Waals surface area (Å²) in [5.74, 6) is 3.43. The molecule has 0 aromatic carbocycles. The molecule has 3 saturated carbocycles. The van der Waals surface area contributed by atoms with Crippen molar-refractivity contribution in [2.75, 3.05) is 0 Å². The number of carboxylic acid groups (broad SMARTS) is 1. The number of aliphatic carboxylic acids is 1. The minimum absolute atomic E-state index is 0.0998. The van der Waals surface area contributed by atoms with Crippen molar-refractivity contribution < 1.29 is 14.7 Å². The van der Waals surface area contributed by atoms with Crippen LogP contribution in [-0.2, 0) is 9.59 Å². The van der Waals surface area contributed by atoms with E-state index in [9.17, 15) is 14.7 Å². The molecular formula is C26H43BrO3. The van der Waals surface area contributed by atoms with E-state index in [0.29, 0.717) is 29.6 Å². The van der Waals surface area contributed by atoms with E-state index in [1.807, 2.05) is 0 Å². The zero-order valence-corrected chi connectivity index (χ0v) is 21.3. The maximum absolute atomic E-state index is 13.2. The number of alkyl halides is 1. The second-order valence-corrected chi connectivity index (χ2v) is 12.9. The fourth-order valence-electron chi connectivity index (χ4n) is 7.99. The maximum Gasteiger partial charge on any atom is 0.303 e. The van der Waals surface area contributed by atoms with Crippen molar-refractivity contribution in [2.24, 2.45) is 46.3 Å². The first-order valence-corrected chi connectivity index (χ1v) is 13.3. The molecule has 172 valence electrons. The Bertz CT molecular complexity index is 646. The van der Waals surface area contributed by atoms with Crippen LogP contribution in [0.4, 0.5) is 0 Å². The number of hydrogen-bond donors (Lipinski definition) is 1. The Morgan fingerprint density at radius 1 is 1.13 bits per heavy atom. The zero-order valence-electron chi connectivity index (χ0n) is 19.8. The van der Waals surface area contributed by atoms with Crippen LogP contribution in [0.1, 0.15) is 98.8 Å². The molecule has 0 aromatic rings. The van der Waals surface area contributed by atoms with Gasteiger partial charge in [0.05, 0.1) is 4.83 Å². The molecule has 0 unspecified atom stereocenters. The Morgan fingerprint density at radius 2 is 1.83 bits per heavy atom. The summed E-state index contributed by atoms with van der Waals surface area (Å²) in [6.45, 7) is 11.8. The lowest BCUT2D eigenvalue weighted by atomic mass is 9.48. The van der Waals surface area contributed by atoms with Crippen molar-refractivity contribution in [3.8, 4) is 0 Å². The molecule has 1 N–H and O–H groups in total. The minimum atomic E-state index is -0.783. The summed E-state index contributed by atoms with van der Waals surface area (Å²) in [5, 5.41) is 9.28. The third-order valence-electron chi connectivity index (χ3n) is 9.64. The van der Waals surface area contributed by atoms with E-state index >= 15 is 0 Å². The molecule has 3 fully saturated rings. The zero-order chi connectivity index (χ0) is 22.3. The van der Waals surface area contributed by atoms with Crippen molar-refractivity contribution in [3.05, 3.63) is 0 Å².